The van der Waals surface area contributed by atoms with Crippen LogP contribution in [0.4, 0.5) is 0 Å². The Balaban J connectivity index is 1.69. The first-order valence-corrected chi connectivity index (χ1v) is 17.0. The van der Waals surface area contributed by atoms with Gasteiger partial charge < -0.3 is 33.2 Å². The fraction of sp³-hybridized carbons (Fsp3) is 0.400. The van der Waals surface area contributed by atoms with Gasteiger partial charge in [0, 0.05) is 53.7 Å². The number of benzene rings is 3. The normalized spacial score (nSPS) is 13.4. The number of rotatable bonds is 22. The van der Waals surface area contributed by atoms with Crippen LogP contribution < -0.4 is 14.2 Å². The summed E-state index contributed by atoms with van der Waals surface area (Å²) >= 11 is 0. The summed E-state index contributed by atoms with van der Waals surface area (Å²) in [5.74, 6) is 1.72. The van der Waals surface area contributed by atoms with E-state index in [4.69, 9.17) is 33.2 Å². The Hall–Kier alpha value is -4.60. The van der Waals surface area contributed by atoms with E-state index in [-0.39, 0.29) is 26.4 Å². The van der Waals surface area contributed by atoms with E-state index in [1.165, 1.54) is 0 Å². The van der Waals surface area contributed by atoms with Gasteiger partial charge in [0.05, 0.1) is 13.2 Å². The highest BCUT2D eigenvalue weighted by Gasteiger charge is 2.27. The predicted molar refractivity (Wildman–Crippen MR) is 189 cm³/mol. The van der Waals surface area contributed by atoms with Crippen molar-refractivity contribution in [2.24, 2.45) is 0 Å². The number of para-hydroxylation sites is 1. The summed E-state index contributed by atoms with van der Waals surface area (Å²) in [6, 6.07) is 17.4. The van der Waals surface area contributed by atoms with Gasteiger partial charge in [-0.15, -0.1) is 0 Å². The summed E-state index contributed by atoms with van der Waals surface area (Å²) in [5.41, 5.74) is 1.82. The zero-order valence-electron chi connectivity index (χ0n) is 28.7. The first kappa shape index (κ1) is 37.2. The fourth-order valence-corrected chi connectivity index (χ4v) is 5.32. The highest BCUT2D eigenvalue weighted by Crippen LogP contribution is 2.44. The molecule has 0 spiro atoms. The van der Waals surface area contributed by atoms with Crippen molar-refractivity contribution >= 4 is 22.7 Å². The van der Waals surface area contributed by atoms with Gasteiger partial charge in [-0.2, -0.15) is 0 Å². The van der Waals surface area contributed by atoms with Gasteiger partial charge >= 0.3 is 11.9 Å². The summed E-state index contributed by atoms with van der Waals surface area (Å²) in [6.07, 6.45) is 7.74. The van der Waals surface area contributed by atoms with Gasteiger partial charge in [-0.1, -0.05) is 82.3 Å². The average Bonchev–Trinajstić information content (AvgIpc) is 3.13. The molecule has 0 radical (unpaired) electrons. The topological polar surface area (TPSA) is 98.8 Å². The number of carbonyl (C=O) groups is 2. The van der Waals surface area contributed by atoms with E-state index < -0.39 is 24.1 Å². The van der Waals surface area contributed by atoms with Crippen molar-refractivity contribution in [3.63, 3.8) is 0 Å². The average molecular weight is 673 g/mol. The summed E-state index contributed by atoms with van der Waals surface area (Å²) in [7, 11) is 0. The Labute approximate surface area is 289 Å². The maximum atomic E-state index is 12.2. The molecule has 0 amide bonds. The quantitative estimate of drug-likeness (QED) is 0.0611. The number of unbranched alkanes of at least 4 members (excludes halogenated alkanes) is 2. The van der Waals surface area contributed by atoms with Gasteiger partial charge in [0.2, 0.25) is 0 Å². The summed E-state index contributed by atoms with van der Waals surface area (Å²) in [4.78, 5) is 24.4. The molecular weight excluding hydrogens is 624 g/mol. The van der Waals surface area contributed by atoms with Crippen LogP contribution in [0.15, 0.2) is 91.7 Å². The first-order valence-electron chi connectivity index (χ1n) is 17.0. The summed E-state index contributed by atoms with van der Waals surface area (Å²) < 4.78 is 42.2. The number of hydrogen-bond donors (Lipinski definition) is 0. The van der Waals surface area contributed by atoms with E-state index in [0.717, 1.165) is 71.2 Å². The highest BCUT2D eigenvalue weighted by atomic mass is 16.6. The largest absolute Gasteiger partial charge is 0.489 e. The Kier molecular flexibility index (Phi) is 15.2. The molecule has 262 valence electrons. The van der Waals surface area contributed by atoms with Crippen LogP contribution in [0, 0.1) is 0 Å². The minimum absolute atomic E-state index is 0.0651. The third kappa shape index (κ3) is 11.2. The summed E-state index contributed by atoms with van der Waals surface area (Å²) in [6.45, 7) is 12.9. The smallest absolute Gasteiger partial charge is 0.330 e. The van der Waals surface area contributed by atoms with Crippen LogP contribution in [0.5, 0.6) is 17.2 Å². The van der Waals surface area contributed by atoms with E-state index in [1.54, 1.807) is 0 Å². The molecule has 0 N–H and O–H groups in total. The molecule has 9 heteroatoms. The number of ether oxygens (including phenoxy) is 7. The lowest BCUT2D eigenvalue weighted by Gasteiger charge is -2.27. The highest BCUT2D eigenvalue weighted by molar-refractivity contribution is 5.96. The lowest BCUT2D eigenvalue weighted by molar-refractivity contribution is -0.148. The molecule has 0 fully saturated rings. The Morgan fingerprint density at radius 3 is 1.73 bits per heavy atom. The second kappa shape index (κ2) is 20.0. The zero-order chi connectivity index (χ0) is 34.8. The molecule has 0 aromatic heterocycles. The maximum absolute atomic E-state index is 12.2. The lowest BCUT2D eigenvalue weighted by atomic mass is 9.89. The fourth-order valence-electron chi connectivity index (χ4n) is 5.32. The molecule has 0 saturated heterocycles. The lowest BCUT2D eigenvalue weighted by Crippen LogP contribution is -2.30. The minimum atomic E-state index is -0.653. The van der Waals surface area contributed by atoms with Crippen LogP contribution in [0.3, 0.4) is 0 Å². The number of fused-ring (bicyclic) bond motifs is 2. The van der Waals surface area contributed by atoms with Gasteiger partial charge in [0.1, 0.15) is 36.2 Å². The van der Waals surface area contributed by atoms with Crippen molar-refractivity contribution < 1.29 is 42.7 Å². The van der Waals surface area contributed by atoms with Crippen LogP contribution in [0.25, 0.3) is 10.8 Å². The van der Waals surface area contributed by atoms with Crippen LogP contribution in [0.1, 0.15) is 50.7 Å². The third-order valence-corrected chi connectivity index (χ3v) is 7.82. The van der Waals surface area contributed by atoms with Crippen LogP contribution >= 0.6 is 0 Å². The van der Waals surface area contributed by atoms with Crippen molar-refractivity contribution in [3.8, 4) is 17.2 Å². The molecule has 4 rings (SSSR count). The van der Waals surface area contributed by atoms with Gasteiger partial charge in [0.25, 0.3) is 0 Å². The molecule has 1 aliphatic carbocycles. The van der Waals surface area contributed by atoms with E-state index in [0.29, 0.717) is 37.6 Å². The minimum Gasteiger partial charge on any atom is -0.489 e. The second-order valence-electron chi connectivity index (χ2n) is 11.6. The molecule has 0 bridgehead atoms. The first-order chi connectivity index (χ1) is 24.0. The molecular formula is C40H48O9. The molecule has 2 unspecified atom stereocenters. The van der Waals surface area contributed by atoms with Crippen LogP contribution in [-0.4, -0.2) is 63.8 Å². The van der Waals surface area contributed by atoms with Gasteiger partial charge in [0.15, 0.2) is 12.2 Å². The van der Waals surface area contributed by atoms with E-state index in [2.05, 4.69) is 27.0 Å². The molecule has 0 saturated carbocycles. The van der Waals surface area contributed by atoms with Crippen LogP contribution in [-0.2, 0) is 41.4 Å². The molecule has 0 aliphatic heterocycles. The molecule has 9 nitrogen and oxygen atoms in total. The third-order valence-electron chi connectivity index (χ3n) is 7.82. The Morgan fingerprint density at radius 2 is 1.22 bits per heavy atom. The Morgan fingerprint density at radius 1 is 0.714 bits per heavy atom. The monoisotopic (exact) mass is 672 g/mol. The van der Waals surface area contributed by atoms with Crippen LogP contribution in [0.2, 0.25) is 0 Å². The van der Waals surface area contributed by atoms with Crippen molar-refractivity contribution in [1.82, 2.24) is 0 Å². The zero-order valence-corrected chi connectivity index (χ0v) is 28.7. The van der Waals surface area contributed by atoms with Gasteiger partial charge in [-0.25, -0.2) is 9.59 Å². The SMILES string of the molecule is C=CC(=O)OC(COCCCC)COc1c2c(c(OCC(COCCCC)OC(=O)C=C)c3ccccc13)CC(Oc1ccccc1)=CC2. The molecule has 2 atom stereocenters. The maximum Gasteiger partial charge on any atom is 0.330 e. The number of carbonyl (C=O) groups excluding carboxylic acids is 2. The molecule has 3 aromatic carbocycles. The van der Waals surface area contributed by atoms with Gasteiger partial charge in [-0.05, 0) is 37.5 Å². The summed E-state index contributed by atoms with van der Waals surface area (Å²) in [5, 5.41) is 1.65. The predicted octanol–water partition coefficient (Wildman–Crippen LogP) is 7.49. The number of hydrogen-bond acceptors (Lipinski definition) is 9. The standard InChI is InChI=1S/C40H48O9/c1-5-9-22-43-25-31(48-37(41)7-3)27-45-39-33-18-14-15-19-34(33)40(46-28-32(49-38(42)8-4)26-44-23-10-6-2)36-24-30(20-21-35(36)39)47-29-16-12-11-13-17-29/h7-8,11-20,31-32H,3-6,9-10,21-28H2,1-2H3. The van der Waals surface area contributed by atoms with Crippen molar-refractivity contribution in [2.75, 3.05) is 39.6 Å². The second-order valence-corrected chi connectivity index (χ2v) is 11.6. The molecule has 3 aromatic rings. The molecule has 0 heterocycles. The van der Waals surface area contributed by atoms with Crippen molar-refractivity contribution in [1.29, 1.82) is 0 Å². The number of esters is 2. The van der Waals surface area contributed by atoms with Crippen molar-refractivity contribution in [2.45, 2.75) is 64.6 Å². The molecule has 49 heavy (non-hydrogen) atoms. The van der Waals surface area contributed by atoms with Crippen molar-refractivity contribution in [3.05, 3.63) is 103 Å². The number of allylic oxidation sites excluding steroid dienone is 2. The molecule has 1 aliphatic rings. The van der Waals surface area contributed by atoms with Gasteiger partial charge in [-0.3, -0.25) is 0 Å². The van der Waals surface area contributed by atoms with E-state index in [9.17, 15) is 9.59 Å². The van der Waals surface area contributed by atoms with E-state index in [1.807, 2.05) is 60.7 Å². The Bertz CT molecular complexity index is 1560. The van der Waals surface area contributed by atoms with E-state index >= 15 is 0 Å².